The highest BCUT2D eigenvalue weighted by atomic mass is 19.4. The molecule has 1 heterocycles. The summed E-state index contributed by atoms with van der Waals surface area (Å²) >= 11 is 0. The lowest BCUT2D eigenvalue weighted by Crippen LogP contribution is -2.14. The van der Waals surface area contributed by atoms with Crippen molar-refractivity contribution in [3.05, 3.63) is 53.3 Å². The van der Waals surface area contributed by atoms with E-state index in [4.69, 9.17) is 0 Å². The molecule has 2 aromatic rings. The van der Waals surface area contributed by atoms with Crippen molar-refractivity contribution >= 4 is 5.78 Å². The molecule has 0 radical (unpaired) electrons. The normalized spacial score (nSPS) is 11.6. The van der Waals surface area contributed by atoms with Gasteiger partial charge in [-0.25, -0.2) is 0 Å². The van der Waals surface area contributed by atoms with Gasteiger partial charge in [-0.15, -0.1) is 0 Å². The average Bonchev–Trinajstić information content (AvgIpc) is 2.73. The number of aryl methyl sites for hydroxylation is 1. The van der Waals surface area contributed by atoms with Gasteiger partial charge < -0.3 is 0 Å². The number of carbonyl (C=O) groups is 1. The number of carbonyl (C=O) groups excluding carboxylic acids is 1. The van der Waals surface area contributed by atoms with Crippen LogP contribution in [0.25, 0.3) is 0 Å². The van der Waals surface area contributed by atoms with Gasteiger partial charge in [0.15, 0.2) is 5.78 Å². The van der Waals surface area contributed by atoms with E-state index < -0.39 is 17.5 Å². The number of benzene rings is 1. The molecule has 0 atom stereocenters. The van der Waals surface area contributed by atoms with Gasteiger partial charge in [-0.2, -0.15) is 18.3 Å². The molecule has 19 heavy (non-hydrogen) atoms. The summed E-state index contributed by atoms with van der Waals surface area (Å²) in [5, 5.41) is 3.88. The summed E-state index contributed by atoms with van der Waals surface area (Å²) in [4.78, 5) is 12.0. The highest BCUT2D eigenvalue weighted by Crippen LogP contribution is 2.32. The Balaban J connectivity index is 2.29. The van der Waals surface area contributed by atoms with Crippen LogP contribution in [0.4, 0.5) is 13.2 Å². The van der Waals surface area contributed by atoms with E-state index in [1.807, 2.05) is 0 Å². The summed E-state index contributed by atoms with van der Waals surface area (Å²) in [6.07, 6.45) is -1.55. The molecule has 0 saturated carbocycles. The van der Waals surface area contributed by atoms with Crippen LogP contribution >= 0.6 is 0 Å². The van der Waals surface area contributed by atoms with Crippen LogP contribution in [-0.4, -0.2) is 15.6 Å². The molecule has 0 spiro atoms. The molecule has 0 aliphatic rings. The van der Waals surface area contributed by atoms with Crippen LogP contribution in [0, 0.1) is 0 Å². The molecule has 0 N–H and O–H groups in total. The molecule has 0 amide bonds. The van der Waals surface area contributed by atoms with Crippen LogP contribution in [-0.2, 0) is 19.6 Å². The maximum Gasteiger partial charge on any atom is 0.417 e. The first-order valence-electron chi connectivity index (χ1n) is 5.55. The van der Waals surface area contributed by atoms with Crippen molar-refractivity contribution in [3.63, 3.8) is 0 Å². The van der Waals surface area contributed by atoms with Gasteiger partial charge in [0.1, 0.15) is 0 Å². The third kappa shape index (κ3) is 3.01. The summed E-state index contributed by atoms with van der Waals surface area (Å²) in [6, 6.07) is 4.80. The Morgan fingerprint density at radius 3 is 2.58 bits per heavy atom. The molecular formula is C13H11F3N2O. The second-order valence-corrected chi connectivity index (χ2v) is 4.17. The van der Waals surface area contributed by atoms with Gasteiger partial charge in [0.25, 0.3) is 0 Å². The predicted octanol–water partition coefficient (Wildman–Crippen LogP) is 2.86. The van der Waals surface area contributed by atoms with E-state index in [0.717, 1.165) is 6.07 Å². The number of halogens is 3. The lowest BCUT2D eigenvalue weighted by Gasteiger charge is -2.11. The number of hydrogen-bond donors (Lipinski definition) is 0. The standard InChI is InChI=1S/C13H11F3N2O/c1-18-8-9(7-17-18)6-12(19)10-4-2-3-5-11(10)13(14,15)16/h2-5,7-8H,6H2,1H3. The van der Waals surface area contributed by atoms with Crippen LogP contribution in [0.1, 0.15) is 21.5 Å². The minimum Gasteiger partial charge on any atom is -0.294 e. The Labute approximate surface area is 107 Å². The summed E-state index contributed by atoms with van der Waals surface area (Å²) in [7, 11) is 1.68. The highest BCUT2D eigenvalue weighted by Gasteiger charge is 2.34. The fourth-order valence-electron chi connectivity index (χ4n) is 1.82. The fraction of sp³-hybridized carbons (Fsp3) is 0.231. The molecular weight excluding hydrogens is 257 g/mol. The van der Waals surface area contributed by atoms with Gasteiger partial charge in [0.05, 0.1) is 11.8 Å². The van der Waals surface area contributed by atoms with Gasteiger partial charge >= 0.3 is 6.18 Å². The van der Waals surface area contributed by atoms with E-state index in [1.165, 1.54) is 29.1 Å². The van der Waals surface area contributed by atoms with Crippen LogP contribution in [0.5, 0.6) is 0 Å². The Morgan fingerprint density at radius 1 is 1.32 bits per heavy atom. The zero-order valence-electron chi connectivity index (χ0n) is 10.1. The molecule has 0 aliphatic heterocycles. The van der Waals surface area contributed by atoms with Gasteiger partial charge in [0.2, 0.25) is 0 Å². The number of rotatable bonds is 3. The first-order valence-corrected chi connectivity index (χ1v) is 5.55. The molecule has 6 heteroatoms. The Hall–Kier alpha value is -2.11. The van der Waals surface area contributed by atoms with Gasteiger partial charge in [-0.05, 0) is 11.6 Å². The molecule has 0 saturated heterocycles. The van der Waals surface area contributed by atoms with E-state index >= 15 is 0 Å². The Kier molecular flexibility index (Phi) is 3.42. The second-order valence-electron chi connectivity index (χ2n) is 4.17. The molecule has 3 nitrogen and oxygen atoms in total. The van der Waals surface area contributed by atoms with Crippen molar-refractivity contribution in [2.45, 2.75) is 12.6 Å². The van der Waals surface area contributed by atoms with E-state index in [9.17, 15) is 18.0 Å². The topological polar surface area (TPSA) is 34.9 Å². The highest BCUT2D eigenvalue weighted by molar-refractivity contribution is 5.98. The lowest BCUT2D eigenvalue weighted by atomic mass is 9.99. The van der Waals surface area contributed by atoms with Crippen LogP contribution < -0.4 is 0 Å². The van der Waals surface area contributed by atoms with Crippen molar-refractivity contribution in [2.75, 3.05) is 0 Å². The number of aromatic nitrogens is 2. The van der Waals surface area contributed by atoms with E-state index in [1.54, 1.807) is 13.2 Å². The van der Waals surface area contributed by atoms with Gasteiger partial charge in [0, 0.05) is 25.2 Å². The van der Waals surface area contributed by atoms with Crippen LogP contribution in [0.2, 0.25) is 0 Å². The number of Topliss-reactive ketones (excluding diaryl/α,β-unsaturated/α-hetero) is 1. The monoisotopic (exact) mass is 268 g/mol. The molecule has 1 aromatic carbocycles. The molecule has 100 valence electrons. The zero-order valence-corrected chi connectivity index (χ0v) is 10.1. The van der Waals surface area contributed by atoms with E-state index in [-0.39, 0.29) is 12.0 Å². The molecule has 0 unspecified atom stereocenters. The zero-order chi connectivity index (χ0) is 14.0. The summed E-state index contributed by atoms with van der Waals surface area (Å²) in [5.74, 6) is -0.569. The third-order valence-electron chi connectivity index (χ3n) is 2.66. The molecule has 0 fully saturated rings. The first-order chi connectivity index (χ1) is 8.88. The largest absolute Gasteiger partial charge is 0.417 e. The maximum absolute atomic E-state index is 12.8. The summed E-state index contributed by atoms with van der Waals surface area (Å²) in [5.41, 5.74) is -0.618. The van der Waals surface area contributed by atoms with Crippen LogP contribution in [0.15, 0.2) is 36.7 Å². The molecule has 2 rings (SSSR count). The molecule has 0 bridgehead atoms. The minimum atomic E-state index is -4.53. The summed E-state index contributed by atoms with van der Waals surface area (Å²) < 4.78 is 39.8. The Morgan fingerprint density at radius 2 is 2.00 bits per heavy atom. The van der Waals surface area contributed by atoms with Gasteiger partial charge in [-0.1, -0.05) is 18.2 Å². The van der Waals surface area contributed by atoms with E-state index in [0.29, 0.717) is 5.56 Å². The van der Waals surface area contributed by atoms with Crippen molar-refractivity contribution in [3.8, 4) is 0 Å². The molecule has 1 aromatic heterocycles. The SMILES string of the molecule is Cn1cc(CC(=O)c2ccccc2C(F)(F)F)cn1. The van der Waals surface area contributed by atoms with Crippen molar-refractivity contribution in [2.24, 2.45) is 7.05 Å². The quantitative estimate of drug-likeness (QED) is 0.802. The van der Waals surface area contributed by atoms with Crippen LogP contribution in [0.3, 0.4) is 0 Å². The summed E-state index contributed by atoms with van der Waals surface area (Å²) in [6.45, 7) is 0. The van der Waals surface area contributed by atoms with Crippen molar-refractivity contribution in [1.82, 2.24) is 9.78 Å². The first kappa shape index (κ1) is 13.3. The second kappa shape index (κ2) is 4.87. The van der Waals surface area contributed by atoms with Crippen molar-refractivity contribution < 1.29 is 18.0 Å². The fourth-order valence-corrected chi connectivity index (χ4v) is 1.82. The smallest absolute Gasteiger partial charge is 0.294 e. The minimum absolute atomic E-state index is 0.0963. The average molecular weight is 268 g/mol. The van der Waals surface area contributed by atoms with Crippen molar-refractivity contribution in [1.29, 1.82) is 0 Å². The number of hydrogen-bond acceptors (Lipinski definition) is 2. The predicted molar refractivity (Wildman–Crippen MR) is 62.7 cm³/mol. The Bertz CT molecular complexity index is 602. The lowest BCUT2D eigenvalue weighted by molar-refractivity contribution is -0.137. The maximum atomic E-state index is 12.8. The third-order valence-corrected chi connectivity index (χ3v) is 2.66. The number of nitrogens with zero attached hydrogens (tertiary/aromatic N) is 2. The van der Waals surface area contributed by atoms with Gasteiger partial charge in [-0.3, -0.25) is 9.48 Å². The van der Waals surface area contributed by atoms with E-state index in [2.05, 4.69) is 5.10 Å². The number of ketones is 1. The molecule has 0 aliphatic carbocycles. The number of alkyl halides is 3.